The zero-order valence-electron chi connectivity index (χ0n) is 16.6. The van der Waals surface area contributed by atoms with E-state index < -0.39 is 0 Å². The molecule has 1 amide bonds. The molecule has 27 heavy (non-hydrogen) atoms. The number of carbonyl (C=O) groups is 1. The second-order valence-electron chi connectivity index (χ2n) is 7.44. The molecule has 1 aliphatic heterocycles. The Balaban J connectivity index is 1.71. The van der Waals surface area contributed by atoms with E-state index in [1.165, 1.54) is 12.8 Å². The molecule has 0 spiro atoms. The average molecular weight is 371 g/mol. The first-order valence-corrected chi connectivity index (χ1v) is 9.63. The number of carbonyl (C=O) groups excluding carboxylic acids is 1. The molecule has 0 bridgehead atoms. The van der Waals surface area contributed by atoms with Crippen LogP contribution in [-0.4, -0.2) is 48.7 Å². The third-order valence-electron chi connectivity index (χ3n) is 5.45. The van der Waals surface area contributed by atoms with Crippen LogP contribution in [0.25, 0.3) is 11.3 Å². The number of ether oxygens (including phenoxy) is 1. The van der Waals surface area contributed by atoms with Gasteiger partial charge < -0.3 is 14.6 Å². The Hall–Kier alpha value is -2.34. The van der Waals surface area contributed by atoms with E-state index in [9.17, 15) is 4.79 Å². The molecule has 6 nitrogen and oxygen atoms in total. The Kier molecular flexibility index (Phi) is 6.16. The first-order valence-electron chi connectivity index (χ1n) is 9.63. The van der Waals surface area contributed by atoms with Gasteiger partial charge in [0.2, 0.25) is 0 Å². The van der Waals surface area contributed by atoms with Crippen LogP contribution in [0.4, 0.5) is 0 Å². The first-order chi connectivity index (χ1) is 13.0. The van der Waals surface area contributed by atoms with Crippen LogP contribution in [0.3, 0.4) is 0 Å². The largest absolute Gasteiger partial charge is 0.496 e. The standard InChI is InChI=1S/C21H29N3O3/c1-14-9-11-24(12-10-14)15(2)13-22-21(25)19-16(3)27-23-20(19)17-7-5-6-8-18(17)26-4/h5-8,14-15H,9-13H2,1-4H3,(H,22,25)/t15-/m1/s1. The van der Waals surface area contributed by atoms with Gasteiger partial charge in [0.1, 0.15) is 22.8 Å². The smallest absolute Gasteiger partial charge is 0.257 e. The van der Waals surface area contributed by atoms with Gasteiger partial charge in [-0.2, -0.15) is 0 Å². The molecule has 2 heterocycles. The van der Waals surface area contributed by atoms with Crippen LogP contribution >= 0.6 is 0 Å². The predicted molar refractivity (Wildman–Crippen MR) is 105 cm³/mol. The van der Waals surface area contributed by atoms with Gasteiger partial charge in [0.05, 0.1) is 7.11 Å². The van der Waals surface area contributed by atoms with Crippen LogP contribution in [-0.2, 0) is 0 Å². The molecule has 0 aliphatic carbocycles. The number of aryl methyl sites for hydroxylation is 1. The van der Waals surface area contributed by atoms with Gasteiger partial charge in [0.15, 0.2) is 0 Å². The van der Waals surface area contributed by atoms with Crippen molar-refractivity contribution in [3.63, 3.8) is 0 Å². The highest BCUT2D eigenvalue weighted by Crippen LogP contribution is 2.32. The van der Waals surface area contributed by atoms with Crippen molar-refractivity contribution in [3.8, 4) is 17.0 Å². The average Bonchev–Trinajstić information content (AvgIpc) is 3.07. The summed E-state index contributed by atoms with van der Waals surface area (Å²) < 4.78 is 10.7. The van der Waals surface area contributed by atoms with Crippen molar-refractivity contribution in [2.45, 2.75) is 39.7 Å². The number of hydrogen-bond donors (Lipinski definition) is 1. The molecule has 1 aliphatic rings. The fourth-order valence-corrected chi connectivity index (χ4v) is 3.59. The van der Waals surface area contributed by atoms with E-state index >= 15 is 0 Å². The number of benzene rings is 1. The van der Waals surface area contributed by atoms with Crippen molar-refractivity contribution in [1.82, 2.24) is 15.4 Å². The molecule has 146 valence electrons. The van der Waals surface area contributed by atoms with E-state index in [2.05, 4.69) is 29.2 Å². The molecule has 1 aromatic heterocycles. The number of methoxy groups -OCH3 is 1. The fraction of sp³-hybridized carbons (Fsp3) is 0.524. The number of amides is 1. The molecule has 1 fully saturated rings. The van der Waals surface area contributed by atoms with Gasteiger partial charge in [-0.15, -0.1) is 0 Å². The van der Waals surface area contributed by atoms with Crippen molar-refractivity contribution in [2.75, 3.05) is 26.7 Å². The number of rotatable bonds is 6. The van der Waals surface area contributed by atoms with E-state index in [0.717, 1.165) is 24.6 Å². The summed E-state index contributed by atoms with van der Waals surface area (Å²) in [6.45, 7) is 9.02. The maximum Gasteiger partial charge on any atom is 0.257 e. The lowest BCUT2D eigenvalue weighted by atomic mass is 9.98. The number of aromatic nitrogens is 1. The summed E-state index contributed by atoms with van der Waals surface area (Å²) in [5.41, 5.74) is 1.74. The summed E-state index contributed by atoms with van der Waals surface area (Å²) in [5.74, 6) is 1.81. The van der Waals surface area contributed by atoms with Crippen molar-refractivity contribution >= 4 is 5.91 Å². The van der Waals surface area contributed by atoms with Crippen LogP contribution in [0, 0.1) is 12.8 Å². The van der Waals surface area contributed by atoms with Gasteiger partial charge in [0, 0.05) is 18.2 Å². The molecule has 0 radical (unpaired) electrons. The van der Waals surface area contributed by atoms with Gasteiger partial charge in [-0.05, 0) is 57.8 Å². The Morgan fingerprint density at radius 3 is 2.78 bits per heavy atom. The van der Waals surface area contributed by atoms with Gasteiger partial charge in [-0.3, -0.25) is 9.69 Å². The molecule has 2 aromatic rings. The lowest BCUT2D eigenvalue weighted by molar-refractivity contribution is 0.0921. The Labute approximate surface area is 160 Å². The lowest BCUT2D eigenvalue weighted by Gasteiger charge is -2.35. The third kappa shape index (κ3) is 4.33. The quantitative estimate of drug-likeness (QED) is 0.842. The highest BCUT2D eigenvalue weighted by molar-refractivity contribution is 6.01. The normalized spacial score (nSPS) is 16.9. The monoisotopic (exact) mass is 371 g/mol. The number of hydrogen-bond acceptors (Lipinski definition) is 5. The topological polar surface area (TPSA) is 67.6 Å². The predicted octanol–water partition coefficient (Wildman–Crippen LogP) is 3.51. The zero-order valence-corrected chi connectivity index (χ0v) is 16.6. The zero-order chi connectivity index (χ0) is 19.4. The van der Waals surface area contributed by atoms with Gasteiger partial charge >= 0.3 is 0 Å². The molecule has 1 aromatic carbocycles. The maximum atomic E-state index is 12.9. The molecule has 6 heteroatoms. The molecular weight excluding hydrogens is 342 g/mol. The fourth-order valence-electron chi connectivity index (χ4n) is 3.59. The molecular formula is C21H29N3O3. The van der Waals surface area contributed by atoms with Gasteiger partial charge in [-0.25, -0.2) is 0 Å². The highest BCUT2D eigenvalue weighted by Gasteiger charge is 2.25. The molecule has 1 saturated heterocycles. The van der Waals surface area contributed by atoms with Crippen LogP contribution in [0.5, 0.6) is 5.75 Å². The molecule has 0 saturated carbocycles. The van der Waals surface area contributed by atoms with E-state index in [-0.39, 0.29) is 5.91 Å². The third-order valence-corrected chi connectivity index (χ3v) is 5.45. The molecule has 0 unspecified atom stereocenters. The summed E-state index contributed by atoms with van der Waals surface area (Å²) in [6.07, 6.45) is 2.45. The van der Waals surface area contributed by atoms with Crippen molar-refractivity contribution in [1.29, 1.82) is 0 Å². The van der Waals surface area contributed by atoms with Gasteiger partial charge in [0.25, 0.3) is 5.91 Å². The SMILES string of the molecule is COc1ccccc1-c1noc(C)c1C(=O)NC[C@@H](C)N1CCC(C)CC1. The van der Waals surface area contributed by atoms with Gasteiger partial charge in [-0.1, -0.05) is 24.2 Å². The number of nitrogens with one attached hydrogen (secondary N) is 1. The van der Waals surface area contributed by atoms with Crippen LogP contribution in [0.1, 0.15) is 42.8 Å². The molecule has 1 N–H and O–H groups in total. The molecule has 3 rings (SSSR count). The summed E-state index contributed by atoms with van der Waals surface area (Å²) >= 11 is 0. The summed E-state index contributed by atoms with van der Waals surface area (Å²) in [7, 11) is 1.60. The number of nitrogens with zero attached hydrogens (tertiary/aromatic N) is 2. The van der Waals surface area contributed by atoms with Crippen molar-refractivity contribution < 1.29 is 14.1 Å². The van der Waals surface area contributed by atoms with E-state index in [1.807, 2.05) is 24.3 Å². The number of likely N-dealkylation sites (tertiary alicyclic amines) is 1. The van der Waals surface area contributed by atoms with E-state index in [0.29, 0.717) is 35.4 Å². The summed E-state index contributed by atoms with van der Waals surface area (Å²) in [5, 5.41) is 7.18. The lowest BCUT2D eigenvalue weighted by Crippen LogP contribution is -2.45. The molecule has 1 atom stereocenters. The summed E-state index contributed by atoms with van der Waals surface area (Å²) in [6, 6.07) is 7.81. The minimum Gasteiger partial charge on any atom is -0.496 e. The minimum atomic E-state index is -0.160. The maximum absolute atomic E-state index is 12.9. The van der Waals surface area contributed by atoms with Crippen molar-refractivity contribution in [3.05, 3.63) is 35.6 Å². The van der Waals surface area contributed by atoms with Crippen LogP contribution < -0.4 is 10.1 Å². The highest BCUT2D eigenvalue weighted by atomic mass is 16.5. The second kappa shape index (κ2) is 8.57. The van der Waals surface area contributed by atoms with E-state index in [4.69, 9.17) is 9.26 Å². The van der Waals surface area contributed by atoms with Crippen LogP contribution in [0.2, 0.25) is 0 Å². The number of piperidine rings is 1. The number of para-hydroxylation sites is 1. The first kappa shape index (κ1) is 19.4. The Morgan fingerprint density at radius 1 is 1.37 bits per heavy atom. The summed E-state index contributed by atoms with van der Waals surface area (Å²) in [4.78, 5) is 15.3. The van der Waals surface area contributed by atoms with E-state index in [1.54, 1.807) is 14.0 Å². The second-order valence-corrected chi connectivity index (χ2v) is 7.44. The minimum absolute atomic E-state index is 0.160. The Bertz CT molecular complexity index is 779. The van der Waals surface area contributed by atoms with Crippen LogP contribution in [0.15, 0.2) is 28.8 Å². The van der Waals surface area contributed by atoms with Crippen molar-refractivity contribution in [2.24, 2.45) is 5.92 Å². The Morgan fingerprint density at radius 2 is 2.07 bits per heavy atom.